The molecule has 2 N–H and O–H groups in total. The highest BCUT2D eigenvalue weighted by Crippen LogP contribution is 2.53. The fraction of sp³-hybridized carbons (Fsp3) is 0.343. The maximum Gasteiger partial charge on any atom is 0.338 e. The Morgan fingerprint density at radius 2 is 1.64 bits per heavy atom. The molecule has 3 heterocycles. The first kappa shape index (κ1) is 32.7. The number of fused-ring (bicyclic) bond motifs is 4. The molecule has 3 aromatic carbocycles. The van der Waals surface area contributed by atoms with Gasteiger partial charge in [-0.15, -0.1) is 0 Å². The smallest absolute Gasteiger partial charge is 0.338 e. The van der Waals surface area contributed by atoms with Gasteiger partial charge < -0.3 is 25.0 Å². The maximum atomic E-state index is 14.3. The summed E-state index contributed by atoms with van der Waals surface area (Å²) in [6.07, 6.45) is 2.57. The van der Waals surface area contributed by atoms with Gasteiger partial charge in [-0.1, -0.05) is 54.2 Å². The SMILES string of the molecule is COCC1=C(C(=O)OC)C(c2ccc(F)c(F)c2)N(C(=O)NCCCN2CCC3(CC2)c2ccccc2Sc2ccccc23)C(=O)N1. The van der Waals surface area contributed by atoms with E-state index in [4.69, 9.17) is 9.47 Å². The van der Waals surface area contributed by atoms with E-state index in [1.54, 1.807) is 0 Å². The molecule has 0 aliphatic carbocycles. The third-order valence-electron chi connectivity index (χ3n) is 9.17. The first-order chi connectivity index (χ1) is 22.8. The number of hydrogen-bond donors (Lipinski definition) is 2. The molecule has 0 saturated carbocycles. The molecule has 1 unspecified atom stereocenters. The van der Waals surface area contributed by atoms with E-state index < -0.39 is 35.7 Å². The van der Waals surface area contributed by atoms with Crippen molar-refractivity contribution in [2.45, 2.75) is 40.5 Å². The minimum atomic E-state index is -1.38. The zero-order chi connectivity index (χ0) is 33.1. The predicted octanol–water partition coefficient (Wildman–Crippen LogP) is 5.75. The monoisotopic (exact) mass is 662 g/mol. The topological polar surface area (TPSA) is 100 Å². The molecule has 1 atom stereocenters. The number of esters is 1. The number of carbonyl (C=O) groups excluding carboxylic acids is 3. The summed E-state index contributed by atoms with van der Waals surface area (Å²) in [7, 11) is 2.52. The average molecular weight is 663 g/mol. The Hall–Kier alpha value is -4.26. The van der Waals surface area contributed by atoms with Crippen LogP contribution in [-0.2, 0) is 19.7 Å². The fourth-order valence-corrected chi connectivity index (χ4v) is 8.20. The first-order valence-electron chi connectivity index (χ1n) is 15.5. The molecule has 12 heteroatoms. The van der Waals surface area contributed by atoms with Gasteiger partial charge in [0.15, 0.2) is 11.6 Å². The number of imide groups is 1. The second kappa shape index (κ2) is 13.8. The first-order valence-corrected chi connectivity index (χ1v) is 16.3. The van der Waals surface area contributed by atoms with Gasteiger partial charge in [0.25, 0.3) is 0 Å². The lowest BCUT2D eigenvalue weighted by Gasteiger charge is -2.46. The number of ether oxygens (including phenoxy) is 2. The quantitative estimate of drug-likeness (QED) is 0.234. The van der Waals surface area contributed by atoms with Gasteiger partial charge in [-0.2, -0.15) is 0 Å². The number of rotatable bonds is 8. The second-order valence-electron chi connectivity index (χ2n) is 11.8. The highest BCUT2D eigenvalue weighted by Gasteiger charge is 2.44. The summed E-state index contributed by atoms with van der Waals surface area (Å²) < 4.78 is 38.3. The molecule has 1 spiro atoms. The molecular weight excluding hydrogens is 626 g/mol. The van der Waals surface area contributed by atoms with Gasteiger partial charge in [0, 0.05) is 28.9 Å². The van der Waals surface area contributed by atoms with Crippen LogP contribution in [0.4, 0.5) is 18.4 Å². The number of amides is 4. The number of nitrogens with one attached hydrogen (secondary N) is 2. The van der Waals surface area contributed by atoms with E-state index in [-0.39, 0.29) is 35.4 Å². The minimum absolute atomic E-state index is 0.0226. The fourth-order valence-electron chi connectivity index (χ4n) is 6.92. The van der Waals surface area contributed by atoms with Crippen molar-refractivity contribution in [1.29, 1.82) is 0 Å². The van der Waals surface area contributed by atoms with Gasteiger partial charge in [-0.05, 0) is 79.9 Å². The van der Waals surface area contributed by atoms with Crippen molar-refractivity contribution >= 4 is 29.8 Å². The number of benzene rings is 3. The van der Waals surface area contributed by atoms with Crippen LogP contribution < -0.4 is 10.6 Å². The normalized spacial score (nSPS) is 18.8. The number of likely N-dealkylation sites (tertiary alicyclic amines) is 1. The van der Waals surface area contributed by atoms with Crippen LogP contribution in [0.1, 0.15) is 42.0 Å². The maximum absolute atomic E-state index is 14.3. The Morgan fingerprint density at radius 3 is 2.26 bits per heavy atom. The van der Waals surface area contributed by atoms with Crippen LogP contribution in [0.5, 0.6) is 0 Å². The molecule has 3 aliphatic rings. The van der Waals surface area contributed by atoms with Gasteiger partial charge >= 0.3 is 18.0 Å². The molecule has 3 aromatic rings. The molecule has 4 amide bonds. The van der Waals surface area contributed by atoms with E-state index in [0.29, 0.717) is 6.42 Å². The summed E-state index contributed by atoms with van der Waals surface area (Å²) in [6.45, 7) is 2.59. The summed E-state index contributed by atoms with van der Waals surface area (Å²) >= 11 is 1.83. The van der Waals surface area contributed by atoms with Crippen LogP contribution in [0.15, 0.2) is 87.8 Å². The highest BCUT2D eigenvalue weighted by molar-refractivity contribution is 7.99. The van der Waals surface area contributed by atoms with E-state index in [0.717, 1.165) is 56.6 Å². The van der Waals surface area contributed by atoms with Gasteiger partial charge in [0.1, 0.15) is 6.04 Å². The number of carbonyl (C=O) groups is 3. The second-order valence-corrected chi connectivity index (χ2v) is 12.9. The van der Waals surface area contributed by atoms with Crippen molar-refractivity contribution in [2.24, 2.45) is 0 Å². The van der Waals surface area contributed by atoms with E-state index in [9.17, 15) is 23.2 Å². The number of nitrogens with zero attached hydrogens (tertiary/aromatic N) is 2. The van der Waals surface area contributed by atoms with Crippen LogP contribution in [-0.4, -0.2) is 74.8 Å². The number of urea groups is 2. The zero-order valence-electron chi connectivity index (χ0n) is 26.2. The lowest BCUT2D eigenvalue weighted by molar-refractivity contribution is -0.137. The molecule has 246 valence electrons. The van der Waals surface area contributed by atoms with Crippen molar-refractivity contribution in [3.63, 3.8) is 0 Å². The number of piperidine rings is 1. The van der Waals surface area contributed by atoms with Crippen molar-refractivity contribution in [3.05, 3.63) is 106 Å². The van der Waals surface area contributed by atoms with Gasteiger partial charge in [-0.25, -0.2) is 28.1 Å². The van der Waals surface area contributed by atoms with Gasteiger partial charge in [0.2, 0.25) is 0 Å². The Balaban J connectivity index is 1.13. The Bertz CT molecular complexity index is 1680. The van der Waals surface area contributed by atoms with Gasteiger partial charge in [0.05, 0.1) is 25.0 Å². The van der Waals surface area contributed by atoms with Crippen LogP contribution in [0.25, 0.3) is 0 Å². The lowest BCUT2D eigenvalue weighted by atomic mass is 9.67. The van der Waals surface area contributed by atoms with Gasteiger partial charge in [-0.3, -0.25) is 0 Å². The largest absolute Gasteiger partial charge is 0.466 e. The lowest BCUT2D eigenvalue weighted by Crippen LogP contribution is -2.55. The molecule has 9 nitrogen and oxygen atoms in total. The van der Waals surface area contributed by atoms with Crippen LogP contribution >= 0.6 is 11.8 Å². The predicted molar refractivity (Wildman–Crippen MR) is 172 cm³/mol. The van der Waals surface area contributed by atoms with E-state index in [1.165, 1.54) is 34.1 Å². The molecule has 1 fully saturated rings. The van der Waals surface area contributed by atoms with Crippen molar-refractivity contribution < 1.29 is 32.6 Å². The minimum Gasteiger partial charge on any atom is -0.466 e. The zero-order valence-corrected chi connectivity index (χ0v) is 27.0. The third kappa shape index (κ3) is 6.24. The van der Waals surface area contributed by atoms with Crippen molar-refractivity contribution in [1.82, 2.24) is 20.4 Å². The summed E-state index contributed by atoms with van der Waals surface area (Å²) in [5.41, 5.74) is 2.70. The molecule has 1 saturated heterocycles. The van der Waals surface area contributed by atoms with Crippen LogP contribution in [0.2, 0.25) is 0 Å². The third-order valence-corrected chi connectivity index (χ3v) is 10.3. The number of halogens is 2. The summed E-state index contributed by atoms with van der Waals surface area (Å²) in [5, 5.41) is 5.30. The highest BCUT2D eigenvalue weighted by atomic mass is 32.2. The van der Waals surface area contributed by atoms with E-state index >= 15 is 0 Å². The molecule has 0 bridgehead atoms. The average Bonchev–Trinajstić information content (AvgIpc) is 3.08. The standard InChI is InChI=1S/C35H36F2N4O5S/c1-45-21-27-30(32(42)46-2)31(22-12-13-25(36)26(37)20-22)41(34(44)39-27)33(43)38-16-7-17-40-18-14-35(15-19-40)23-8-3-5-10-28(23)47-29-11-6-4-9-24(29)35/h3-6,8-13,20,31H,7,14-19,21H2,1-2H3,(H,38,43)(H,39,44). The van der Waals surface area contributed by atoms with Crippen LogP contribution in [0, 0.1) is 11.6 Å². The van der Waals surface area contributed by atoms with E-state index in [1.807, 2.05) is 11.8 Å². The number of methoxy groups -OCH3 is 2. The van der Waals surface area contributed by atoms with Crippen LogP contribution in [0.3, 0.4) is 0 Å². The summed E-state index contributed by atoms with van der Waals surface area (Å²) in [5.74, 6) is -3.15. The molecule has 6 rings (SSSR count). The number of hydrogen-bond acceptors (Lipinski definition) is 7. The summed E-state index contributed by atoms with van der Waals surface area (Å²) in [6, 6.07) is 17.3. The molecule has 0 radical (unpaired) electrons. The Labute approximate surface area is 276 Å². The summed E-state index contributed by atoms with van der Waals surface area (Å²) in [4.78, 5) is 45.5. The Morgan fingerprint density at radius 1 is 0.979 bits per heavy atom. The van der Waals surface area contributed by atoms with Crippen molar-refractivity contribution in [3.8, 4) is 0 Å². The molecule has 0 aromatic heterocycles. The Kier molecular flexibility index (Phi) is 9.62. The molecule has 3 aliphatic heterocycles. The van der Waals surface area contributed by atoms with Crippen molar-refractivity contribution in [2.75, 3.05) is 47.0 Å². The molecule has 47 heavy (non-hydrogen) atoms. The van der Waals surface area contributed by atoms with E-state index in [2.05, 4.69) is 64.1 Å². The molecular formula is C35H36F2N4O5S.